The van der Waals surface area contributed by atoms with Crippen LogP contribution >= 0.6 is 0 Å². The molecule has 3 heterocycles. The van der Waals surface area contributed by atoms with Crippen LogP contribution in [-0.4, -0.2) is 29.9 Å². The van der Waals surface area contributed by atoms with Gasteiger partial charge in [0.1, 0.15) is 8.07 Å². The third-order valence-electron chi connectivity index (χ3n) is 19.9. The number of allylic oxidation sites excluding steroid dienone is 18. The summed E-state index contributed by atoms with van der Waals surface area (Å²) in [5.74, 6) is 0.537. The molecule has 1 aromatic heterocycles. The number of aliphatic imine (C=N–C) groups is 1. The molecular formula is C75H72N4Si. The minimum Gasteiger partial charge on any atom is -0.334 e. The highest BCUT2D eigenvalue weighted by Gasteiger charge is 2.51. The van der Waals surface area contributed by atoms with Gasteiger partial charge in [0.15, 0.2) is 6.29 Å². The Morgan fingerprint density at radius 2 is 1.48 bits per heavy atom. The van der Waals surface area contributed by atoms with Crippen molar-refractivity contribution in [2.24, 2.45) is 10.9 Å². The summed E-state index contributed by atoms with van der Waals surface area (Å²) in [4.78, 5) is 8.68. The maximum atomic E-state index is 6.03. The van der Waals surface area contributed by atoms with Crippen molar-refractivity contribution in [2.45, 2.75) is 120 Å². The van der Waals surface area contributed by atoms with Crippen molar-refractivity contribution in [2.75, 3.05) is 4.90 Å². The number of hydrogen-bond acceptors (Lipinski definition) is 3. The summed E-state index contributed by atoms with van der Waals surface area (Å²) in [7, 11) is -2.41. The predicted octanol–water partition coefficient (Wildman–Crippen LogP) is 17.7. The lowest BCUT2D eigenvalue weighted by molar-refractivity contribution is 0.375. The monoisotopic (exact) mass is 1060 g/mol. The molecule has 0 amide bonds. The third-order valence-corrected chi connectivity index (χ3v) is 25.5. The number of nitrogens with zero attached hydrogens (tertiary/aromatic N) is 3. The number of aromatic nitrogens is 1. The summed E-state index contributed by atoms with van der Waals surface area (Å²) < 4.78 is 2.57. The highest BCUT2D eigenvalue weighted by molar-refractivity contribution is 7.04. The second-order valence-corrected chi connectivity index (χ2v) is 28.5. The lowest BCUT2D eigenvalue weighted by Crippen LogP contribution is -2.56. The van der Waals surface area contributed by atoms with E-state index in [-0.39, 0.29) is 23.8 Å². The van der Waals surface area contributed by atoms with Crippen LogP contribution in [0.2, 0.25) is 5.54 Å². The molecule has 9 aliphatic rings. The van der Waals surface area contributed by atoms with E-state index in [4.69, 9.17) is 4.99 Å². The van der Waals surface area contributed by atoms with Gasteiger partial charge in [0.05, 0.1) is 16.8 Å². The van der Waals surface area contributed by atoms with Crippen molar-refractivity contribution >= 4 is 58.5 Å². The molecule has 2 aliphatic heterocycles. The zero-order valence-corrected chi connectivity index (χ0v) is 47.3. The number of fused-ring (bicyclic) bond motifs is 7. The van der Waals surface area contributed by atoms with Crippen LogP contribution in [0.5, 0.6) is 0 Å². The van der Waals surface area contributed by atoms with Crippen molar-refractivity contribution in [1.82, 2.24) is 9.88 Å². The van der Waals surface area contributed by atoms with E-state index in [2.05, 4.69) is 246 Å². The number of rotatable bonds is 10. The summed E-state index contributed by atoms with van der Waals surface area (Å²) in [6, 6.07) is 50.8. The van der Waals surface area contributed by atoms with E-state index >= 15 is 0 Å². The Morgan fingerprint density at radius 1 is 0.662 bits per heavy atom. The molecule has 0 saturated heterocycles. The third kappa shape index (κ3) is 8.28. The SMILES string of the molecule is CC12CC(c3ccc4c(c3)c3c(n4C4N=C(C5C=C(c6ccccc6)C=C(C6=CC([Si](C7=CC=CCC7)(c7ccccc7)C7CC=CCC7)=CCC6)C5)C5=CC=CC[C@@H]5N4)C=CCC3)=CC[C@@H]1c1ccccc1N2c1ccccc1. The number of anilines is 2. The molecule has 0 radical (unpaired) electrons. The van der Waals surface area contributed by atoms with Crippen LogP contribution in [0.25, 0.3) is 28.1 Å². The fraction of sp³-hybridized carbons (Fsp3) is 0.267. The zero-order chi connectivity index (χ0) is 53.2. The fourth-order valence-corrected chi connectivity index (χ4v) is 22.4. The lowest BCUT2D eigenvalue weighted by atomic mass is 9.71. The molecule has 0 spiro atoms. The van der Waals surface area contributed by atoms with Crippen molar-refractivity contribution in [3.8, 4) is 0 Å². The molecule has 0 fully saturated rings. The van der Waals surface area contributed by atoms with Gasteiger partial charge >= 0.3 is 0 Å². The number of benzene rings is 5. The van der Waals surface area contributed by atoms with Gasteiger partial charge in [0, 0.05) is 40.3 Å². The molecule has 1 N–H and O–H groups in total. The summed E-state index contributed by atoms with van der Waals surface area (Å²) in [5, 5.41) is 10.5. The second-order valence-electron chi connectivity index (χ2n) is 24.2. The van der Waals surface area contributed by atoms with Crippen LogP contribution in [0.1, 0.15) is 124 Å². The molecule has 0 saturated carbocycles. The number of hydrogen-bond donors (Lipinski definition) is 1. The Labute approximate surface area is 474 Å². The summed E-state index contributed by atoms with van der Waals surface area (Å²) in [6.07, 6.45) is 50.9. The van der Waals surface area contributed by atoms with E-state index in [1.807, 2.05) is 0 Å². The summed E-state index contributed by atoms with van der Waals surface area (Å²) in [5.41, 5.74) is 19.6. The van der Waals surface area contributed by atoms with Crippen molar-refractivity contribution in [3.63, 3.8) is 0 Å². The van der Waals surface area contributed by atoms with Gasteiger partial charge in [-0.25, -0.2) is 4.99 Å². The van der Waals surface area contributed by atoms with Crippen LogP contribution in [0.15, 0.2) is 251 Å². The van der Waals surface area contributed by atoms with Crippen LogP contribution in [0.4, 0.5) is 11.4 Å². The van der Waals surface area contributed by atoms with E-state index in [0.29, 0.717) is 11.5 Å². The topological polar surface area (TPSA) is 32.6 Å². The first-order valence-electron chi connectivity index (χ1n) is 30.2. The average Bonchev–Trinajstić information content (AvgIpc) is 4.02. The van der Waals surface area contributed by atoms with Crippen LogP contribution < -0.4 is 15.4 Å². The van der Waals surface area contributed by atoms with Gasteiger partial charge in [-0.3, -0.25) is 5.32 Å². The van der Waals surface area contributed by atoms with Gasteiger partial charge in [-0.1, -0.05) is 199 Å². The minimum atomic E-state index is -2.41. The van der Waals surface area contributed by atoms with Gasteiger partial charge < -0.3 is 9.47 Å². The Bertz CT molecular complexity index is 3830. The maximum absolute atomic E-state index is 6.03. The molecule has 4 nitrogen and oxygen atoms in total. The molecule has 0 bridgehead atoms. The van der Waals surface area contributed by atoms with Gasteiger partial charge in [0.2, 0.25) is 0 Å². The van der Waals surface area contributed by atoms with E-state index < -0.39 is 8.07 Å². The summed E-state index contributed by atoms with van der Waals surface area (Å²) >= 11 is 0. The first-order valence-corrected chi connectivity index (χ1v) is 32.2. The highest BCUT2D eigenvalue weighted by atomic mass is 28.3. The Balaban J connectivity index is 0.815. The van der Waals surface area contributed by atoms with Crippen LogP contribution in [-0.2, 0) is 6.42 Å². The largest absolute Gasteiger partial charge is 0.334 e. The Hall–Kier alpha value is -7.57. The van der Waals surface area contributed by atoms with Gasteiger partial charge in [-0.15, -0.1) is 0 Å². The van der Waals surface area contributed by atoms with E-state index in [1.165, 1.54) is 96.6 Å². The lowest BCUT2D eigenvalue weighted by Gasteiger charge is -2.45. The maximum Gasteiger partial charge on any atom is 0.181 e. The predicted molar refractivity (Wildman–Crippen MR) is 339 cm³/mol. The molecule has 5 unspecified atom stereocenters. The molecule has 396 valence electrons. The first kappa shape index (κ1) is 49.5. The van der Waals surface area contributed by atoms with Crippen LogP contribution in [0.3, 0.4) is 0 Å². The fourth-order valence-electron chi connectivity index (χ4n) is 16.3. The van der Waals surface area contributed by atoms with E-state index in [0.717, 1.165) is 70.6 Å². The smallest absolute Gasteiger partial charge is 0.181 e. The van der Waals surface area contributed by atoms with Crippen molar-refractivity contribution in [3.05, 3.63) is 274 Å². The first-order chi connectivity index (χ1) is 39.5. The minimum absolute atomic E-state index is 0.0870. The quantitative estimate of drug-likeness (QED) is 0.110. The van der Waals surface area contributed by atoms with Gasteiger partial charge in [-0.2, -0.15) is 0 Å². The number of para-hydroxylation sites is 2. The highest BCUT2D eigenvalue weighted by Crippen LogP contribution is 2.58. The number of nitrogens with one attached hydrogen (secondary N) is 1. The van der Waals surface area contributed by atoms with Crippen LogP contribution in [0, 0.1) is 5.92 Å². The standard InChI is InChI=1S/C75H72N4Si/c1-75-51-55(42-44-68(75)65-37-19-22-41-72(65)79(75)59-27-9-3-10-28-59)54-43-45-71-67(50-54)64-36-18-21-40-70(64)78(71)74-76-69-39-20-17-38-66(69)73(77-74)58-47-56(52-24-7-2-8-25-52)46-57(48-58)53-26-23-35-63(49-53)80(60-29-11-4-12-30-60,61-31-13-5-14-32-61)62-33-15-6-16-34-62/h2-13,15,17,19-22,24-25,27-31,35,37-38,40-43,45-47,49-50,58,62,68-69,74,76H,14,16,18,23,26,32-34,36,39,44,48,51H2,1H3/t58?,62?,68-,69+,74?,75?,80?/m1/s1. The number of aryl methyl sites for hydroxylation is 1. The van der Waals surface area contributed by atoms with E-state index in [9.17, 15) is 0 Å². The van der Waals surface area contributed by atoms with Crippen molar-refractivity contribution < 1.29 is 0 Å². The molecule has 5 aromatic carbocycles. The Morgan fingerprint density at radius 3 is 2.31 bits per heavy atom. The average molecular weight is 1060 g/mol. The molecule has 80 heavy (non-hydrogen) atoms. The molecule has 15 rings (SSSR count). The van der Waals surface area contributed by atoms with Crippen molar-refractivity contribution in [1.29, 1.82) is 0 Å². The van der Waals surface area contributed by atoms with Gasteiger partial charge in [-0.05, 0) is 188 Å². The molecule has 7 aliphatic carbocycles. The summed E-state index contributed by atoms with van der Waals surface area (Å²) in [6.45, 7) is 2.51. The zero-order valence-electron chi connectivity index (χ0n) is 46.3. The molecule has 6 aromatic rings. The molecule has 5 heteroatoms. The molecule has 7 atom stereocenters. The normalized spacial score (nSPS) is 26.5. The molecular weight excluding hydrogens is 985 g/mol. The second kappa shape index (κ2) is 20.5. The Kier molecular flexibility index (Phi) is 12.7. The van der Waals surface area contributed by atoms with Gasteiger partial charge in [0.25, 0.3) is 0 Å². The van der Waals surface area contributed by atoms with E-state index in [1.54, 1.807) is 15.6 Å².